The third-order valence-corrected chi connectivity index (χ3v) is 3.69. The maximum Gasteiger partial charge on any atom is 0.0958 e. The van der Waals surface area contributed by atoms with Crippen LogP contribution in [0.3, 0.4) is 0 Å². The smallest absolute Gasteiger partial charge is 0.0958 e. The number of hydrogen-bond donors (Lipinski definition) is 1. The summed E-state index contributed by atoms with van der Waals surface area (Å²) in [4.78, 5) is 4.47. The predicted octanol–water partition coefficient (Wildman–Crippen LogP) is 3.04. The maximum absolute atomic E-state index is 4.47. The van der Waals surface area contributed by atoms with E-state index in [1.165, 1.54) is 23.1 Å². The lowest BCUT2D eigenvalue weighted by Gasteiger charge is -2.12. The zero-order chi connectivity index (χ0) is 13.1. The molecule has 1 N–H and O–H groups in total. The minimum Gasteiger partial charge on any atom is -0.329 e. The molecule has 0 fully saturated rings. The largest absolute Gasteiger partial charge is 0.329 e. The molecule has 3 heteroatoms. The molecule has 1 heterocycles. The number of rotatable bonds is 5. The summed E-state index contributed by atoms with van der Waals surface area (Å²) in [7, 11) is 0. The summed E-state index contributed by atoms with van der Waals surface area (Å²) in [5, 5.41) is 3.51. The number of hydrogen-bond acceptors (Lipinski definition) is 2. The van der Waals surface area contributed by atoms with Gasteiger partial charge in [-0.25, -0.2) is 4.98 Å². The van der Waals surface area contributed by atoms with E-state index in [-0.39, 0.29) is 0 Å². The van der Waals surface area contributed by atoms with Gasteiger partial charge in [-0.15, -0.1) is 0 Å². The SMILES string of the molecule is CCC(C)NCCn1cnc2cc(C)c(C)cc21. The normalized spacial score (nSPS) is 13.1. The summed E-state index contributed by atoms with van der Waals surface area (Å²) in [6.45, 7) is 10.7. The van der Waals surface area contributed by atoms with E-state index >= 15 is 0 Å². The summed E-state index contributed by atoms with van der Waals surface area (Å²) in [5.74, 6) is 0. The van der Waals surface area contributed by atoms with Crippen LogP contribution in [-0.2, 0) is 6.54 Å². The van der Waals surface area contributed by atoms with Gasteiger partial charge in [-0.3, -0.25) is 0 Å². The van der Waals surface area contributed by atoms with E-state index in [0.717, 1.165) is 18.6 Å². The van der Waals surface area contributed by atoms with E-state index in [1.807, 2.05) is 6.33 Å². The molecule has 18 heavy (non-hydrogen) atoms. The Hall–Kier alpha value is -1.35. The van der Waals surface area contributed by atoms with Crippen LogP contribution >= 0.6 is 0 Å². The number of nitrogens with zero attached hydrogens (tertiary/aromatic N) is 2. The first kappa shape index (κ1) is 13.1. The van der Waals surface area contributed by atoms with Gasteiger partial charge in [0.25, 0.3) is 0 Å². The van der Waals surface area contributed by atoms with Crippen molar-refractivity contribution in [2.75, 3.05) is 6.54 Å². The van der Waals surface area contributed by atoms with Gasteiger partial charge in [0, 0.05) is 19.1 Å². The van der Waals surface area contributed by atoms with Crippen LogP contribution in [0.2, 0.25) is 0 Å². The highest BCUT2D eigenvalue weighted by molar-refractivity contribution is 5.77. The first-order valence-electron chi connectivity index (χ1n) is 6.77. The Morgan fingerprint density at radius 3 is 2.72 bits per heavy atom. The monoisotopic (exact) mass is 245 g/mol. The predicted molar refractivity (Wildman–Crippen MR) is 77.0 cm³/mol. The number of nitrogens with one attached hydrogen (secondary N) is 1. The lowest BCUT2D eigenvalue weighted by atomic mass is 10.1. The van der Waals surface area contributed by atoms with E-state index in [1.54, 1.807) is 0 Å². The number of benzene rings is 1. The molecule has 1 atom stereocenters. The van der Waals surface area contributed by atoms with Gasteiger partial charge in [0.1, 0.15) is 0 Å². The van der Waals surface area contributed by atoms with Gasteiger partial charge in [-0.1, -0.05) is 6.92 Å². The zero-order valence-electron chi connectivity index (χ0n) is 11.8. The molecule has 0 amide bonds. The summed E-state index contributed by atoms with van der Waals surface area (Å²) < 4.78 is 2.23. The fraction of sp³-hybridized carbons (Fsp3) is 0.533. The fourth-order valence-electron chi connectivity index (χ4n) is 2.07. The van der Waals surface area contributed by atoms with Gasteiger partial charge in [0.15, 0.2) is 0 Å². The maximum atomic E-state index is 4.47. The van der Waals surface area contributed by atoms with Gasteiger partial charge in [-0.2, -0.15) is 0 Å². The molecule has 0 saturated carbocycles. The number of aryl methyl sites for hydroxylation is 2. The third-order valence-electron chi connectivity index (χ3n) is 3.69. The van der Waals surface area contributed by atoms with Gasteiger partial charge < -0.3 is 9.88 Å². The topological polar surface area (TPSA) is 29.9 Å². The van der Waals surface area contributed by atoms with Gasteiger partial charge in [0.2, 0.25) is 0 Å². The Morgan fingerprint density at radius 1 is 1.28 bits per heavy atom. The molecular weight excluding hydrogens is 222 g/mol. The average Bonchev–Trinajstić information content (AvgIpc) is 2.72. The summed E-state index contributed by atoms with van der Waals surface area (Å²) in [6, 6.07) is 4.99. The molecule has 2 rings (SSSR count). The minimum atomic E-state index is 0.587. The average molecular weight is 245 g/mol. The third kappa shape index (κ3) is 2.72. The highest BCUT2D eigenvalue weighted by atomic mass is 15.1. The van der Waals surface area contributed by atoms with Crippen LogP contribution in [0, 0.1) is 13.8 Å². The van der Waals surface area contributed by atoms with Gasteiger partial charge in [0.05, 0.1) is 17.4 Å². The van der Waals surface area contributed by atoms with Crippen LogP contribution in [0.4, 0.5) is 0 Å². The summed E-state index contributed by atoms with van der Waals surface area (Å²) >= 11 is 0. The van der Waals surface area contributed by atoms with E-state index in [0.29, 0.717) is 6.04 Å². The Balaban J connectivity index is 2.12. The molecule has 0 bridgehead atoms. The number of imidazole rings is 1. The van der Waals surface area contributed by atoms with Crippen molar-refractivity contribution in [2.45, 2.75) is 46.7 Å². The minimum absolute atomic E-state index is 0.587. The van der Waals surface area contributed by atoms with Crippen LogP contribution in [0.25, 0.3) is 11.0 Å². The van der Waals surface area contributed by atoms with E-state index in [4.69, 9.17) is 0 Å². The Morgan fingerprint density at radius 2 is 2.00 bits per heavy atom. The fourth-order valence-corrected chi connectivity index (χ4v) is 2.07. The van der Waals surface area contributed by atoms with Crippen molar-refractivity contribution in [1.82, 2.24) is 14.9 Å². The molecule has 0 aliphatic heterocycles. The summed E-state index contributed by atoms with van der Waals surface area (Å²) in [5.41, 5.74) is 4.98. The van der Waals surface area contributed by atoms with Crippen LogP contribution in [0.5, 0.6) is 0 Å². The number of fused-ring (bicyclic) bond motifs is 1. The molecule has 0 saturated heterocycles. The number of aromatic nitrogens is 2. The van der Waals surface area contributed by atoms with Crippen molar-refractivity contribution in [3.63, 3.8) is 0 Å². The second-order valence-electron chi connectivity index (χ2n) is 5.13. The molecule has 0 aliphatic rings. The van der Waals surface area contributed by atoms with Crippen LogP contribution in [0.15, 0.2) is 18.5 Å². The quantitative estimate of drug-likeness (QED) is 0.877. The first-order valence-corrected chi connectivity index (χ1v) is 6.77. The molecule has 1 unspecified atom stereocenters. The molecule has 98 valence electrons. The van der Waals surface area contributed by atoms with Crippen molar-refractivity contribution in [2.24, 2.45) is 0 Å². The van der Waals surface area contributed by atoms with Gasteiger partial charge in [-0.05, 0) is 50.5 Å². The molecule has 3 nitrogen and oxygen atoms in total. The van der Waals surface area contributed by atoms with Crippen molar-refractivity contribution >= 4 is 11.0 Å². The Kier molecular flexibility index (Phi) is 4.02. The second-order valence-corrected chi connectivity index (χ2v) is 5.13. The molecule has 0 radical (unpaired) electrons. The molecular formula is C15H23N3. The van der Waals surface area contributed by atoms with Gasteiger partial charge >= 0.3 is 0 Å². The lowest BCUT2D eigenvalue weighted by Crippen LogP contribution is -2.28. The van der Waals surface area contributed by atoms with Crippen LogP contribution < -0.4 is 5.32 Å². The molecule has 1 aromatic carbocycles. The van der Waals surface area contributed by atoms with Crippen LogP contribution in [-0.4, -0.2) is 22.1 Å². The highest BCUT2D eigenvalue weighted by Gasteiger charge is 2.05. The molecule has 0 aliphatic carbocycles. The zero-order valence-corrected chi connectivity index (χ0v) is 11.8. The lowest BCUT2D eigenvalue weighted by molar-refractivity contribution is 0.508. The molecule has 0 spiro atoms. The van der Waals surface area contributed by atoms with Crippen molar-refractivity contribution in [1.29, 1.82) is 0 Å². The Bertz CT molecular complexity index is 528. The van der Waals surface area contributed by atoms with E-state index in [2.05, 4.69) is 54.7 Å². The van der Waals surface area contributed by atoms with Crippen molar-refractivity contribution in [3.8, 4) is 0 Å². The molecule has 1 aromatic heterocycles. The standard InChI is InChI=1S/C15H23N3/c1-5-13(4)16-6-7-18-10-17-14-8-11(2)12(3)9-15(14)18/h8-10,13,16H,5-7H2,1-4H3. The summed E-state index contributed by atoms with van der Waals surface area (Å²) in [6.07, 6.45) is 3.12. The highest BCUT2D eigenvalue weighted by Crippen LogP contribution is 2.18. The van der Waals surface area contributed by atoms with E-state index in [9.17, 15) is 0 Å². The molecule has 2 aromatic rings. The van der Waals surface area contributed by atoms with Crippen LogP contribution in [0.1, 0.15) is 31.4 Å². The second kappa shape index (κ2) is 5.53. The van der Waals surface area contributed by atoms with Crippen molar-refractivity contribution in [3.05, 3.63) is 29.6 Å². The van der Waals surface area contributed by atoms with E-state index < -0.39 is 0 Å². The van der Waals surface area contributed by atoms with Crippen molar-refractivity contribution < 1.29 is 0 Å². The Labute approximate surface area is 109 Å². The first-order chi connectivity index (χ1) is 8.61.